The molecule has 0 radical (unpaired) electrons. The number of ether oxygens (including phenoxy) is 1. The molecule has 2 nitrogen and oxygen atoms in total. The van der Waals surface area contributed by atoms with E-state index in [2.05, 4.69) is 11.3 Å². The summed E-state index contributed by atoms with van der Waals surface area (Å²) in [6, 6.07) is 4.66. The third kappa shape index (κ3) is 5.79. The van der Waals surface area contributed by atoms with E-state index in [1.165, 1.54) is 12.1 Å². The summed E-state index contributed by atoms with van der Waals surface area (Å²) in [5, 5.41) is 0. The quantitative estimate of drug-likeness (QED) is 0.860. The Kier molecular flexibility index (Phi) is 5.45. The summed E-state index contributed by atoms with van der Waals surface area (Å²) in [5.41, 5.74) is 7.36. The Balaban J connectivity index is 3.18. The van der Waals surface area contributed by atoms with Crippen LogP contribution in [0, 0.1) is 0 Å². The van der Waals surface area contributed by atoms with Crippen molar-refractivity contribution >= 4 is 5.57 Å². The van der Waals surface area contributed by atoms with Gasteiger partial charge in [0, 0.05) is 0 Å². The van der Waals surface area contributed by atoms with Crippen molar-refractivity contribution in [2.75, 3.05) is 6.54 Å². The second-order valence-corrected chi connectivity index (χ2v) is 6.04. The highest BCUT2D eigenvalue weighted by molar-refractivity contribution is 5.66. The van der Waals surface area contributed by atoms with E-state index in [-0.39, 0.29) is 11.2 Å². The van der Waals surface area contributed by atoms with Gasteiger partial charge < -0.3 is 10.5 Å². The maximum absolute atomic E-state index is 12.4. The van der Waals surface area contributed by atoms with Gasteiger partial charge in [0.2, 0.25) is 0 Å². The molecule has 21 heavy (non-hydrogen) atoms. The van der Waals surface area contributed by atoms with Crippen LogP contribution in [0.4, 0.5) is 13.2 Å². The molecule has 0 heterocycles. The van der Waals surface area contributed by atoms with Crippen LogP contribution >= 0.6 is 0 Å². The van der Waals surface area contributed by atoms with Crippen molar-refractivity contribution in [1.29, 1.82) is 0 Å². The topological polar surface area (TPSA) is 35.2 Å². The highest BCUT2D eigenvalue weighted by Crippen LogP contribution is 2.33. The fourth-order valence-electron chi connectivity index (χ4n) is 1.89. The summed E-state index contributed by atoms with van der Waals surface area (Å²) in [7, 11) is 0. The summed E-state index contributed by atoms with van der Waals surface area (Å²) in [5.74, 6) is -0.209. The van der Waals surface area contributed by atoms with Gasteiger partial charge in [-0.15, -0.1) is 13.2 Å². The first-order valence-corrected chi connectivity index (χ1v) is 6.82. The minimum absolute atomic E-state index is 0.209. The molecule has 1 aromatic carbocycles. The fourth-order valence-corrected chi connectivity index (χ4v) is 1.89. The standard InChI is InChI=1S/C16H22F3NO/c1-11(6-5-7-20)12-8-13(15(2,3)4)10-14(9-12)21-16(17,18)19/h8-10H,1,5-7,20H2,2-4H3. The van der Waals surface area contributed by atoms with Crippen LogP contribution in [0.25, 0.3) is 5.57 Å². The second kappa shape index (κ2) is 6.52. The van der Waals surface area contributed by atoms with Crippen molar-refractivity contribution in [1.82, 2.24) is 0 Å². The molecule has 0 bridgehead atoms. The van der Waals surface area contributed by atoms with E-state index in [9.17, 15) is 13.2 Å². The zero-order valence-electron chi connectivity index (χ0n) is 12.7. The Morgan fingerprint density at radius 2 is 1.81 bits per heavy atom. The summed E-state index contributed by atoms with van der Waals surface area (Å²) in [6.07, 6.45) is -3.31. The van der Waals surface area contributed by atoms with Crippen LogP contribution < -0.4 is 10.5 Å². The van der Waals surface area contributed by atoms with Crippen LogP contribution in [-0.4, -0.2) is 12.9 Å². The van der Waals surface area contributed by atoms with Gasteiger partial charge in [-0.3, -0.25) is 0 Å². The van der Waals surface area contributed by atoms with Crippen molar-refractivity contribution in [2.24, 2.45) is 5.73 Å². The lowest BCUT2D eigenvalue weighted by Crippen LogP contribution is -2.18. The second-order valence-electron chi connectivity index (χ2n) is 6.04. The SMILES string of the molecule is C=C(CCCN)c1cc(OC(F)(F)F)cc(C(C)(C)C)c1. The van der Waals surface area contributed by atoms with E-state index >= 15 is 0 Å². The lowest BCUT2D eigenvalue weighted by Gasteiger charge is -2.22. The maximum atomic E-state index is 12.4. The minimum atomic E-state index is -4.70. The molecule has 0 amide bonds. The number of alkyl halides is 3. The zero-order valence-corrected chi connectivity index (χ0v) is 12.7. The van der Waals surface area contributed by atoms with Crippen molar-refractivity contribution in [3.8, 4) is 5.75 Å². The molecular formula is C16H22F3NO. The smallest absolute Gasteiger partial charge is 0.406 e. The summed E-state index contributed by atoms with van der Waals surface area (Å²) < 4.78 is 41.4. The molecule has 0 unspecified atom stereocenters. The molecule has 0 atom stereocenters. The van der Waals surface area contributed by atoms with Crippen LogP contribution in [0.3, 0.4) is 0 Å². The van der Waals surface area contributed by atoms with Gasteiger partial charge in [0.25, 0.3) is 0 Å². The lowest BCUT2D eigenvalue weighted by molar-refractivity contribution is -0.274. The predicted octanol–water partition coefficient (Wildman–Crippen LogP) is 4.63. The Labute approximate surface area is 123 Å². The van der Waals surface area contributed by atoms with Gasteiger partial charge in [-0.2, -0.15) is 0 Å². The number of benzene rings is 1. The Morgan fingerprint density at radius 3 is 2.29 bits per heavy atom. The summed E-state index contributed by atoms with van der Waals surface area (Å²) >= 11 is 0. The monoisotopic (exact) mass is 301 g/mol. The highest BCUT2D eigenvalue weighted by Gasteiger charge is 2.31. The molecule has 2 N–H and O–H groups in total. The zero-order chi connectivity index (χ0) is 16.3. The van der Waals surface area contributed by atoms with E-state index in [1.807, 2.05) is 26.8 Å². The molecule has 1 rings (SSSR count). The van der Waals surface area contributed by atoms with Gasteiger partial charge in [-0.1, -0.05) is 33.4 Å². The molecule has 0 aliphatic carbocycles. The Bertz CT molecular complexity index is 501. The Morgan fingerprint density at radius 1 is 1.19 bits per heavy atom. The highest BCUT2D eigenvalue weighted by atomic mass is 19.4. The molecular weight excluding hydrogens is 279 g/mol. The van der Waals surface area contributed by atoms with Crippen LogP contribution in [-0.2, 0) is 5.41 Å². The molecule has 0 fully saturated rings. The number of hydrogen-bond acceptors (Lipinski definition) is 2. The molecule has 0 aliphatic rings. The number of hydrogen-bond donors (Lipinski definition) is 1. The average Bonchev–Trinajstić information content (AvgIpc) is 2.32. The molecule has 1 aromatic rings. The van der Waals surface area contributed by atoms with E-state index in [0.29, 0.717) is 18.5 Å². The molecule has 0 saturated carbocycles. The van der Waals surface area contributed by atoms with Gasteiger partial charge >= 0.3 is 6.36 Å². The molecule has 118 valence electrons. The first kappa shape index (κ1) is 17.6. The lowest BCUT2D eigenvalue weighted by atomic mass is 9.85. The first-order valence-electron chi connectivity index (χ1n) is 6.82. The van der Waals surface area contributed by atoms with E-state index in [4.69, 9.17) is 5.73 Å². The third-order valence-electron chi connectivity index (χ3n) is 3.10. The fraction of sp³-hybridized carbons (Fsp3) is 0.500. The third-order valence-corrected chi connectivity index (χ3v) is 3.10. The van der Waals surface area contributed by atoms with Crippen LogP contribution in [0.2, 0.25) is 0 Å². The molecule has 0 aromatic heterocycles. The molecule has 0 spiro atoms. The van der Waals surface area contributed by atoms with Gasteiger partial charge in [-0.05, 0) is 53.6 Å². The minimum Gasteiger partial charge on any atom is -0.406 e. The van der Waals surface area contributed by atoms with Crippen LogP contribution in [0.5, 0.6) is 5.75 Å². The maximum Gasteiger partial charge on any atom is 0.573 e. The number of nitrogens with two attached hydrogens (primary N) is 1. The first-order chi connectivity index (χ1) is 9.53. The van der Waals surface area contributed by atoms with Crippen molar-refractivity contribution in [3.63, 3.8) is 0 Å². The number of allylic oxidation sites excluding steroid dienone is 1. The van der Waals surface area contributed by atoms with E-state index < -0.39 is 6.36 Å². The molecule has 5 heteroatoms. The summed E-state index contributed by atoms with van der Waals surface area (Å²) in [4.78, 5) is 0. The van der Waals surface area contributed by atoms with E-state index in [1.54, 1.807) is 0 Å². The Hall–Kier alpha value is -1.49. The van der Waals surface area contributed by atoms with E-state index in [0.717, 1.165) is 17.6 Å². The van der Waals surface area contributed by atoms with Crippen molar-refractivity contribution in [3.05, 3.63) is 35.9 Å². The summed E-state index contributed by atoms with van der Waals surface area (Å²) in [6.45, 7) is 10.3. The van der Waals surface area contributed by atoms with Gasteiger partial charge in [-0.25, -0.2) is 0 Å². The number of rotatable bonds is 5. The largest absolute Gasteiger partial charge is 0.573 e. The normalized spacial score (nSPS) is 12.3. The molecule has 0 saturated heterocycles. The average molecular weight is 301 g/mol. The number of halogens is 3. The van der Waals surface area contributed by atoms with Crippen molar-refractivity contribution < 1.29 is 17.9 Å². The van der Waals surface area contributed by atoms with Gasteiger partial charge in [0.05, 0.1) is 0 Å². The van der Waals surface area contributed by atoms with Gasteiger partial charge in [0.15, 0.2) is 0 Å². The predicted molar refractivity (Wildman–Crippen MR) is 79.1 cm³/mol. The van der Waals surface area contributed by atoms with Crippen molar-refractivity contribution in [2.45, 2.75) is 45.4 Å². The van der Waals surface area contributed by atoms with Crippen LogP contribution in [0.1, 0.15) is 44.7 Å². The molecule has 0 aliphatic heterocycles. The van der Waals surface area contributed by atoms with Crippen LogP contribution in [0.15, 0.2) is 24.8 Å². The van der Waals surface area contributed by atoms with Gasteiger partial charge in [0.1, 0.15) is 5.75 Å².